The van der Waals surface area contributed by atoms with E-state index in [-0.39, 0.29) is 17.8 Å². The molecule has 37 heavy (non-hydrogen) atoms. The highest BCUT2D eigenvalue weighted by molar-refractivity contribution is 5.96. The highest BCUT2D eigenvalue weighted by atomic mass is 17.3. The summed E-state index contributed by atoms with van der Waals surface area (Å²) < 4.78 is 24.2. The van der Waals surface area contributed by atoms with Gasteiger partial charge in [0.25, 0.3) is 5.91 Å². The van der Waals surface area contributed by atoms with Crippen molar-refractivity contribution in [1.82, 2.24) is 5.32 Å². The summed E-state index contributed by atoms with van der Waals surface area (Å²) in [4.78, 5) is 36.2. The number of hydrogen-bond acceptors (Lipinski definition) is 8. The fourth-order valence-electron chi connectivity index (χ4n) is 6.57. The van der Waals surface area contributed by atoms with Gasteiger partial charge in [-0.15, -0.1) is 0 Å². The highest BCUT2D eigenvalue weighted by Gasteiger charge is 2.69. The molecule has 1 saturated carbocycles. The minimum absolute atomic E-state index is 0.00994. The van der Waals surface area contributed by atoms with Crippen molar-refractivity contribution in [3.05, 3.63) is 29.8 Å². The van der Waals surface area contributed by atoms with Crippen LogP contribution in [0.25, 0.3) is 0 Å². The van der Waals surface area contributed by atoms with Gasteiger partial charge in [0.1, 0.15) is 5.75 Å². The fourth-order valence-corrected chi connectivity index (χ4v) is 6.57. The van der Waals surface area contributed by atoms with Gasteiger partial charge in [-0.3, -0.25) is 4.79 Å². The van der Waals surface area contributed by atoms with Crippen LogP contribution in [0.1, 0.15) is 63.7 Å². The molecular weight excluding hydrogens is 482 g/mol. The number of carboxylic acids is 1. The molecule has 10 nitrogen and oxygen atoms in total. The van der Waals surface area contributed by atoms with E-state index in [2.05, 4.69) is 19.2 Å². The van der Waals surface area contributed by atoms with E-state index < -0.39 is 48.0 Å². The summed E-state index contributed by atoms with van der Waals surface area (Å²) in [6.07, 6.45) is 1.91. The molecule has 0 aromatic heterocycles. The maximum Gasteiger partial charge on any atom is 0.328 e. The number of hydrogen-bond donors (Lipinski definition) is 2. The molecule has 5 fully saturated rings. The van der Waals surface area contributed by atoms with Gasteiger partial charge in [-0.2, -0.15) is 0 Å². The van der Waals surface area contributed by atoms with E-state index >= 15 is 0 Å². The lowest BCUT2D eigenvalue weighted by Crippen LogP contribution is -2.70. The molecule has 6 rings (SSSR count). The molecule has 2 N–H and O–H groups in total. The predicted molar refractivity (Wildman–Crippen MR) is 129 cm³/mol. The number of carbonyl (C=O) groups excluding carboxylic acids is 1. The zero-order valence-electron chi connectivity index (χ0n) is 22.0. The Bertz CT molecular complexity index is 1020. The maximum absolute atomic E-state index is 12.6. The van der Waals surface area contributed by atoms with Crippen molar-refractivity contribution < 1.29 is 43.4 Å². The first kappa shape index (κ1) is 26.4. The van der Waals surface area contributed by atoms with Crippen molar-refractivity contribution in [3.63, 3.8) is 0 Å². The molecule has 4 saturated heterocycles. The van der Waals surface area contributed by atoms with Gasteiger partial charge >= 0.3 is 5.97 Å². The summed E-state index contributed by atoms with van der Waals surface area (Å²) in [5, 5.41) is 11.9. The molecule has 10 atom stereocenters. The first-order chi connectivity index (χ1) is 17.6. The van der Waals surface area contributed by atoms with Crippen molar-refractivity contribution in [2.24, 2.45) is 23.7 Å². The van der Waals surface area contributed by atoms with Crippen molar-refractivity contribution in [2.45, 2.75) is 89.5 Å². The average Bonchev–Trinajstić information content (AvgIpc) is 3.11. The van der Waals surface area contributed by atoms with Gasteiger partial charge in [-0.1, -0.05) is 13.8 Å². The first-order valence-electron chi connectivity index (χ1n) is 13.1. The Morgan fingerprint density at radius 1 is 1.11 bits per heavy atom. The quantitative estimate of drug-likeness (QED) is 0.521. The van der Waals surface area contributed by atoms with Crippen LogP contribution in [0, 0.1) is 23.7 Å². The van der Waals surface area contributed by atoms with E-state index in [1.807, 2.05) is 6.92 Å². The average molecular weight is 520 g/mol. The third kappa shape index (κ3) is 4.52. The molecule has 204 valence electrons. The lowest BCUT2D eigenvalue weighted by atomic mass is 9.58. The van der Waals surface area contributed by atoms with Crippen LogP contribution in [-0.2, 0) is 28.8 Å². The summed E-state index contributed by atoms with van der Waals surface area (Å²) in [5.74, 6) is -1.10. The Kier molecular flexibility index (Phi) is 6.99. The molecule has 4 aliphatic heterocycles. The Balaban J connectivity index is 1.31. The molecular formula is C27H37NO9. The summed E-state index contributed by atoms with van der Waals surface area (Å²) in [6.45, 7) is 7.86. The lowest BCUT2D eigenvalue weighted by Gasteiger charge is -2.60. The van der Waals surface area contributed by atoms with Crippen LogP contribution in [0.4, 0.5) is 0 Å². The van der Waals surface area contributed by atoms with E-state index in [1.165, 1.54) is 7.11 Å². The van der Waals surface area contributed by atoms with Gasteiger partial charge in [0.05, 0.1) is 6.10 Å². The number of carbonyl (C=O) groups is 2. The zero-order chi connectivity index (χ0) is 26.5. The molecule has 2 bridgehead atoms. The van der Waals surface area contributed by atoms with Gasteiger partial charge in [0.2, 0.25) is 12.1 Å². The van der Waals surface area contributed by atoms with E-state index in [1.54, 1.807) is 31.2 Å². The SMILES string of the molecule is CO[C@H](C)[C@H](NC(=O)c1ccc(O[C@H]2O[C@@H]3O[C@@]4(C)CC[C@H]5[C@H](C)CC[C@@H]([C@H]2C)[C@@]35OO4)cc1)C(=O)O. The summed E-state index contributed by atoms with van der Waals surface area (Å²) in [6, 6.07) is 5.38. The minimum Gasteiger partial charge on any atom is -0.480 e. The number of aliphatic carboxylic acids is 1. The van der Waals surface area contributed by atoms with Crippen LogP contribution >= 0.6 is 0 Å². The van der Waals surface area contributed by atoms with E-state index in [0.29, 0.717) is 17.2 Å². The summed E-state index contributed by atoms with van der Waals surface area (Å²) in [5.41, 5.74) is -0.347. The smallest absolute Gasteiger partial charge is 0.328 e. The van der Waals surface area contributed by atoms with Crippen LogP contribution in [0.5, 0.6) is 5.75 Å². The molecule has 5 aliphatic rings. The van der Waals surface area contributed by atoms with Crippen molar-refractivity contribution in [2.75, 3.05) is 7.11 Å². The van der Waals surface area contributed by atoms with E-state index in [4.69, 9.17) is 28.7 Å². The van der Waals surface area contributed by atoms with E-state index in [9.17, 15) is 14.7 Å². The van der Waals surface area contributed by atoms with E-state index in [0.717, 1.165) is 25.7 Å². The van der Waals surface area contributed by atoms with Crippen LogP contribution in [0.3, 0.4) is 0 Å². The second kappa shape index (κ2) is 9.81. The first-order valence-corrected chi connectivity index (χ1v) is 13.1. The number of fused-ring (bicyclic) bond motifs is 2. The van der Waals surface area contributed by atoms with Crippen LogP contribution in [0.2, 0.25) is 0 Å². The molecule has 1 aromatic rings. The number of carboxylic acid groups (broad SMARTS) is 1. The van der Waals surface area contributed by atoms with Gasteiger partial charge in [-0.25, -0.2) is 14.6 Å². The Labute approximate surface area is 216 Å². The number of methoxy groups -OCH3 is 1. The molecule has 1 aliphatic carbocycles. The second-order valence-corrected chi connectivity index (χ2v) is 11.1. The third-order valence-electron chi connectivity index (χ3n) is 8.86. The van der Waals surface area contributed by atoms with Gasteiger partial charge in [0.15, 0.2) is 17.9 Å². The fraction of sp³-hybridized carbons (Fsp3) is 0.704. The number of benzene rings is 1. The van der Waals surface area contributed by atoms with Gasteiger partial charge < -0.3 is 29.4 Å². The maximum atomic E-state index is 12.6. The topological polar surface area (TPSA) is 122 Å². The Hall–Kier alpha value is -2.24. The number of nitrogens with one attached hydrogen (secondary N) is 1. The highest BCUT2D eigenvalue weighted by Crippen LogP contribution is 2.60. The minimum atomic E-state index is -1.17. The second-order valence-electron chi connectivity index (χ2n) is 11.1. The molecule has 4 heterocycles. The van der Waals surface area contributed by atoms with Gasteiger partial charge in [-0.05, 0) is 69.2 Å². The standard InChI is InChI=1S/C27H37NO9/c1-14-6-11-20-15(2)24(34-25-27(20)19(14)12-13-26(4,35-25)36-37-27)33-18-9-7-17(8-10-18)22(29)28-21(23(30)31)16(3)32-5/h7-10,14-16,19-21,24-25H,6,11-13H2,1-5H3,(H,28,29)(H,30,31)/t14-,15-,16-,19+,20+,21+,24+,25-,26-,27-/m1/s1. The zero-order valence-corrected chi connectivity index (χ0v) is 22.0. The normalized spacial score (nSPS) is 40.1. The molecule has 10 heteroatoms. The molecule has 0 unspecified atom stereocenters. The van der Waals surface area contributed by atoms with Crippen LogP contribution in [-0.4, -0.2) is 60.2 Å². The predicted octanol–water partition coefficient (Wildman–Crippen LogP) is 3.49. The third-order valence-corrected chi connectivity index (χ3v) is 8.86. The molecule has 1 spiro atoms. The lowest BCUT2D eigenvalue weighted by molar-refractivity contribution is -0.575. The summed E-state index contributed by atoms with van der Waals surface area (Å²) >= 11 is 0. The van der Waals surface area contributed by atoms with Crippen LogP contribution in [0.15, 0.2) is 24.3 Å². The van der Waals surface area contributed by atoms with Crippen molar-refractivity contribution >= 4 is 11.9 Å². The monoisotopic (exact) mass is 519 g/mol. The Morgan fingerprint density at radius 2 is 1.84 bits per heavy atom. The van der Waals surface area contributed by atoms with Gasteiger partial charge in [0, 0.05) is 30.9 Å². The summed E-state index contributed by atoms with van der Waals surface area (Å²) in [7, 11) is 1.40. The van der Waals surface area contributed by atoms with Crippen LogP contribution < -0.4 is 10.1 Å². The molecule has 1 aromatic carbocycles. The Morgan fingerprint density at radius 3 is 2.51 bits per heavy atom. The van der Waals surface area contributed by atoms with Crippen molar-refractivity contribution in [3.8, 4) is 5.75 Å². The number of amides is 1. The largest absolute Gasteiger partial charge is 0.480 e. The molecule has 1 amide bonds. The number of rotatable bonds is 7. The van der Waals surface area contributed by atoms with Crippen molar-refractivity contribution in [1.29, 1.82) is 0 Å². The molecule has 0 radical (unpaired) electrons. The number of ether oxygens (including phenoxy) is 4.